The predicted octanol–water partition coefficient (Wildman–Crippen LogP) is 1.60. The van der Waals surface area contributed by atoms with Crippen molar-refractivity contribution >= 4 is 11.6 Å². The van der Waals surface area contributed by atoms with E-state index in [-0.39, 0.29) is 5.28 Å². The summed E-state index contributed by atoms with van der Waals surface area (Å²) in [5, 5.41) is 0.245. The highest BCUT2D eigenvalue weighted by Crippen LogP contribution is 2.25. The van der Waals surface area contributed by atoms with Crippen molar-refractivity contribution in [3.63, 3.8) is 0 Å². The van der Waals surface area contributed by atoms with Gasteiger partial charge in [0.05, 0.1) is 31.1 Å². The second-order valence-electron chi connectivity index (χ2n) is 2.96. The quantitative estimate of drug-likeness (QED) is 0.702. The molecule has 2 heterocycles. The second kappa shape index (κ2) is 4.11. The van der Waals surface area contributed by atoms with Crippen LogP contribution >= 0.6 is 11.6 Å². The first-order valence-electron chi connectivity index (χ1n) is 4.57. The van der Waals surface area contributed by atoms with Crippen LogP contribution < -0.4 is 4.74 Å². The molecule has 0 radical (unpaired) electrons. The van der Waals surface area contributed by atoms with Gasteiger partial charge in [0.25, 0.3) is 0 Å². The normalized spacial score (nSPS) is 15.0. The summed E-state index contributed by atoms with van der Waals surface area (Å²) in [6.07, 6.45) is 0.775. The molecule has 0 fully saturated rings. The molecule has 0 unspecified atom stereocenters. The summed E-state index contributed by atoms with van der Waals surface area (Å²) in [4.78, 5) is 8.18. The molecule has 1 aliphatic rings. The van der Waals surface area contributed by atoms with Crippen LogP contribution in [0.25, 0.3) is 0 Å². The minimum atomic E-state index is 0.245. The Hall–Kier alpha value is -0.870. The van der Waals surface area contributed by atoms with Gasteiger partial charge in [-0.2, -0.15) is 4.98 Å². The lowest BCUT2D eigenvalue weighted by Crippen LogP contribution is -2.15. The number of nitrogens with zero attached hydrogens (tertiary/aromatic N) is 2. The molecule has 0 bridgehead atoms. The highest BCUT2D eigenvalue weighted by molar-refractivity contribution is 6.28. The van der Waals surface area contributed by atoms with Gasteiger partial charge in [-0.05, 0) is 18.5 Å². The first-order chi connectivity index (χ1) is 6.81. The third-order valence-corrected chi connectivity index (χ3v) is 2.21. The minimum absolute atomic E-state index is 0.245. The Bertz CT molecular complexity index is 344. The molecular formula is C9H11ClN2O2. The minimum Gasteiger partial charge on any atom is -0.478 e. The first kappa shape index (κ1) is 9.68. The van der Waals surface area contributed by atoms with Crippen molar-refractivity contribution in [1.29, 1.82) is 0 Å². The van der Waals surface area contributed by atoms with Crippen molar-refractivity contribution in [1.82, 2.24) is 9.97 Å². The monoisotopic (exact) mass is 214 g/mol. The van der Waals surface area contributed by atoms with E-state index in [1.165, 1.54) is 0 Å². The van der Waals surface area contributed by atoms with Crippen LogP contribution in [0.4, 0.5) is 0 Å². The van der Waals surface area contributed by atoms with Crippen molar-refractivity contribution in [2.45, 2.75) is 20.0 Å². The molecule has 5 heteroatoms. The van der Waals surface area contributed by atoms with Crippen molar-refractivity contribution in [2.75, 3.05) is 13.2 Å². The van der Waals surface area contributed by atoms with Crippen molar-refractivity contribution in [3.05, 3.63) is 16.5 Å². The molecule has 0 spiro atoms. The van der Waals surface area contributed by atoms with Crippen LogP contribution in [0, 0.1) is 0 Å². The molecule has 4 nitrogen and oxygen atoms in total. The first-order valence-corrected chi connectivity index (χ1v) is 4.95. The number of rotatable bonds is 2. The van der Waals surface area contributed by atoms with E-state index in [1.807, 2.05) is 6.92 Å². The van der Waals surface area contributed by atoms with Crippen LogP contribution in [0.15, 0.2) is 0 Å². The smallest absolute Gasteiger partial charge is 0.225 e. The van der Waals surface area contributed by atoms with E-state index in [0.29, 0.717) is 25.7 Å². The van der Waals surface area contributed by atoms with Gasteiger partial charge in [-0.1, -0.05) is 0 Å². The second-order valence-corrected chi connectivity index (χ2v) is 3.30. The molecule has 1 aromatic rings. The van der Waals surface area contributed by atoms with E-state index < -0.39 is 0 Å². The van der Waals surface area contributed by atoms with Gasteiger partial charge in [-0.15, -0.1) is 0 Å². The summed E-state index contributed by atoms with van der Waals surface area (Å²) < 4.78 is 10.7. The van der Waals surface area contributed by atoms with Gasteiger partial charge in [0.15, 0.2) is 0 Å². The van der Waals surface area contributed by atoms with Crippen LogP contribution in [0.5, 0.6) is 5.88 Å². The molecule has 1 aromatic heterocycles. The van der Waals surface area contributed by atoms with E-state index in [4.69, 9.17) is 21.1 Å². The lowest BCUT2D eigenvalue weighted by Gasteiger charge is -2.17. The summed E-state index contributed by atoms with van der Waals surface area (Å²) in [5.74, 6) is 0.558. The van der Waals surface area contributed by atoms with Crippen LogP contribution in [-0.4, -0.2) is 23.2 Å². The van der Waals surface area contributed by atoms with E-state index >= 15 is 0 Å². The van der Waals surface area contributed by atoms with Crippen molar-refractivity contribution in [3.8, 4) is 5.88 Å². The summed E-state index contributed by atoms with van der Waals surface area (Å²) in [7, 11) is 0. The van der Waals surface area contributed by atoms with E-state index in [1.54, 1.807) is 0 Å². The number of fused-ring (bicyclic) bond motifs is 1. The Morgan fingerprint density at radius 3 is 3.14 bits per heavy atom. The highest BCUT2D eigenvalue weighted by Gasteiger charge is 2.18. The maximum atomic E-state index is 5.77. The molecule has 0 saturated heterocycles. The topological polar surface area (TPSA) is 44.2 Å². The van der Waals surface area contributed by atoms with E-state index in [9.17, 15) is 0 Å². The molecule has 0 amide bonds. The average molecular weight is 215 g/mol. The number of hydrogen-bond acceptors (Lipinski definition) is 4. The molecule has 2 rings (SSSR count). The van der Waals surface area contributed by atoms with Crippen LogP contribution in [0.3, 0.4) is 0 Å². The van der Waals surface area contributed by atoms with Crippen molar-refractivity contribution < 1.29 is 9.47 Å². The third kappa shape index (κ3) is 1.81. The van der Waals surface area contributed by atoms with Crippen LogP contribution in [0.2, 0.25) is 5.28 Å². The molecule has 76 valence electrons. The molecule has 1 aliphatic heterocycles. The lowest BCUT2D eigenvalue weighted by molar-refractivity contribution is 0.105. The molecule has 0 atom stereocenters. The number of ether oxygens (including phenoxy) is 2. The molecule has 14 heavy (non-hydrogen) atoms. The Kier molecular flexibility index (Phi) is 2.84. The Labute approximate surface area is 87.2 Å². The molecule has 0 aliphatic carbocycles. The molecule has 0 aromatic carbocycles. The molecule has 0 N–H and O–H groups in total. The molecule has 0 saturated carbocycles. The summed E-state index contributed by atoms with van der Waals surface area (Å²) in [6.45, 7) is 3.68. The van der Waals surface area contributed by atoms with E-state index in [2.05, 4.69) is 9.97 Å². The fourth-order valence-corrected chi connectivity index (χ4v) is 1.61. The van der Waals surface area contributed by atoms with E-state index in [0.717, 1.165) is 17.7 Å². The van der Waals surface area contributed by atoms with Gasteiger partial charge in [-0.3, -0.25) is 0 Å². The van der Waals surface area contributed by atoms with Gasteiger partial charge in [0.1, 0.15) is 0 Å². The van der Waals surface area contributed by atoms with Gasteiger partial charge in [0, 0.05) is 6.42 Å². The SMILES string of the molecule is CCOc1nc(Cl)nc2c1COCC2. The zero-order chi connectivity index (χ0) is 9.97. The summed E-state index contributed by atoms with van der Waals surface area (Å²) >= 11 is 5.77. The summed E-state index contributed by atoms with van der Waals surface area (Å²) in [5.41, 5.74) is 1.88. The fraction of sp³-hybridized carbons (Fsp3) is 0.556. The zero-order valence-electron chi connectivity index (χ0n) is 7.92. The van der Waals surface area contributed by atoms with Crippen LogP contribution in [0.1, 0.15) is 18.2 Å². The Morgan fingerprint density at radius 1 is 1.50 bits per heavy atom. The highest BCUT2D eigenvalue weighted by atomic mass is 35.5. The van der Waals surface area contributed by atoms with Crippen LogP contribution in [-0.2, 0) is 17.8 Å². The number of halogens is 1. The van der Waals surface area contributed by atoms with Gasteiger partial charge < -0.3 is 9.47 Å². The van der Waals surface area contributed by atoms with Gasteiger partial charge >= 0.3 is 0 Å². The van der Waals surface area contributed by atoms with Gasteiger partial charge in [0.2, 0.25) is 11.2 Å². The number of hydrogen-bond donors (Lipinski definition) is 0. The number of aromatic nitrogens is 2. The maximum Gasteiger partial charge on any atom is 0.225 e. The summed E-state index contributed by atoms with van der Waals surface area (Å²) in [6, 6.07) is 0. The average Bonchev–Trinajstić information content (AvgIpc) is 2.18. The standard InChI is InChI=1S/C9H11ClN2O2/c1-2-14-8-6-5-13-4-3-7(6)11-9(10)12-8/h2-5H2,1H3. The lowest BCUT2D eigenvalue weighted by atomic mass is 10.1. The Balaban J connectivity index is 2.41. The zero-order valence-corrected chi connectivity index (χ0v) is 8.67. The predicted molar refractivity (Wildman–Crippen MR) is 51.6 cm³/mol. The largest absolute Gasteiger partial charge is 0.478 e. The van der Waals surface area contributed by atoms with Gasteiger partial charge in [-0.25, -0.2) is 4.98 Å². The fourth-order valence-electron chi connectivity index (χ4n) is 1.43. The third-order valence-electron chi connectivity index (χ3n) is 2.04. The molecular weight excluding hydrogens is 204 g/mol. The Morgan fingerprint density at radius 2 is 2.36 bits per heavy atom. The van der Waals surface area contributed by atoms with Crippen molar-refractivity contribution in [2.24, 2.45) is 0 Å². The maximum absolute atomic E-state index is 5.77.